The van der Waals surface area contributed by atoms with E-state index >= 15 is 0 Å². The molecule has 0 spiro atoms. The molecule has 1 unspecified atom stereocenters. The van der Waals surface area contributed by atoms with E-state index in [1.807, 2.05) is 6.92 Å². The summed E-state index contributed by atoms with van der Waals surface area (Å²) in [6.45, 7) is 9.18. The van der Waals surface area contributed by atoms with Crippen molar-refractivity contribution in [3.63, 3.8) is 0 Å². The van der Waals surface area contributed by atoms with E-state index in [2.05, 4.69) is 29.5 Å². The molecule has 0 saturated heterocycles. The van der Waals surface area contributed by atoms with Gasteiger partial charge in [0.15, 0.2) is 0 Å². The summed E-state index contributed by atoms with van der Waals surface area (Å²) in [5, 5.41) is 6.79. The predicted octanol–water partition coefficient (Wildman–Crippen LogP) is 1.96. The lowest BCUT2D eigenvalue weighted by atomic mass is 9.88. The highest BCUT2D eigenvalue weighted by Crippen LogP contribution is 2.17. The molecule has 3 nitrogen and oxygen atoms in total. The van der Waals surface area contributed by atoms with Gasteiger partial charge in [-0.05, 0) is 25.3 Å². The first-order valence-electron chi connectivity index (χ1n) is 5.91. The topological polar surface area (TPSA) is 50.9 Å². The molecular formula is C12H23N3S. The minimum absolute atomic E-state index is 0.235. The molecule has 1 aromatic rings. The van der Waals surface area contributed by atoms with Crippen molar-refractivity contribution in [3.05, 3.63) is 16.1 Å². The molecule has 0 aliphatic rings. The Morgan fingerprint density at radius 1 is 1.56 bits per heavy atom. The normalized spacial score (nSPS) is 15.0. The van der Waals surface area contributed by atoms with E-state index in [0.717, 1.165) is 38.2 Å². The lowest BCUT2D eigenvalue weighted by molar-refractivity contribution is 0.304. The summed E-state index contributed by atoms with van der Waals surface area (Å²) < 4.78 is 0. The van der Waals surface area contributed by atoms with Crippen molar-refractivity contribution in [2.75, 3.05) is 19.6 Å². The maximum atomic E-state index is 5.76. The highest BCUT2D eigenvalue weighted by molar-refractivity contribution is 7.09. The molecule has 0 aliphatic carbocycles. The lowest BCUT2D eigenvalue weighted by Gasteiger charge is -2.26. The van der Waals surface area contributed by atoms with E-state index in [-0.39, 0.29) is 5.41 Å². The van der Waals surface area contributed by atoms with Gasteiger partial charge < -0.3 is 11.1 Å². The van der Waals surface area contributed by atoms with Crippen LogP contribution in [0.3, 0.4) is 0 Å². The van der Waals surface area contributed by atoms with Crippen molar-refractivity contribution < 1.29 is 0 Å². The van der Waals surface area contributed by atoms with Crippen molar-refractivity contribution in [1.82, 2.24) is 10.3 Å². The summed E-state index contributed by atoms with van der Waals surface area (Å²) >= 11 is 1.74. The molecule has 0 aromatic carbocycles. The SMILES string of the molecule is CCC(C)(CN)CNCCc1nc(C)cs1. The number of nitrogens with zero attached hydrogens (tertiary/aromatic N) is 1. The van der Waals surface area contributed by atoms with Gasteiger partial charge in [-0.3, -0.25) is 0 Å². The van der Waals surface area contributed by atoms with Crippen molar-refractivity contribution in [2.24, 2.45) is 11.1 Å². The van der Waals surface area contributed by atoms with Gasteiger partial charge in [0.1, 0.15) is 0 Å². The summed E-state index contributed by atoms with van der Waals surface area (Å²) in [6.07, 6.45) is 2.13. The fourth-order valence-corrected chi connectivity index (χ4v) is 2.22. The predicted molar refractivity (Wildman–Crippen MR) is 70.9 cm³/mol. The van der Waals surface area contributed by atoms with E-state index in [9.17, 15) is 0 Å². The number of rotatable bonds is 7. The molecule has 0 saturated carbocycles. The second-order valence-corrected chi connectivity index (χ2v) is 5.62. The van der Waals surface area contributed by atoms with Crippen LogP contribution >= 0.6 is 11.3 Å². The van der Waals surface area contributed by atoms with Crippen LogP contribution in [0.5, 0.6) is 0 Å². The smallest absolute Gasteiger partial charge is 0.0940 e. The number of hydrogen-bond acceptors (Lipinski definition) is 4. The standard InChI is InChI=1S/C12H23N3S/c1-4-12(3,8-13)9-14-6-5-11-15-10(2)7-16-11/h7,14H,4-6,8-9,13H2,1-3H3. The molecule has 1 aromatic heterocycles. The Bertz CT molecular complexity index is 305. The summed E-state index contributed by atoms with van der Waals surface area (Å²) in [4.78, 5) is 4.44. The molecule has 0 bridgehead atoms. The van der Waals surface area contributed by atoms with Gasteiger partial charge in [-0.1, -0.05) is 13.8 Å². The van der Waals surface area contributed by atoms with Crippen LogP contribution in [-0.4, -0.2) is 24.6 Å². The fraction of sp³-hybridized carbons (Fsp3) is 0.750. The van der Waals surface area contributed by atoms with Crippen LogP contribution in [0, 0.1) is 12.3 Å². The Labute approximate surface area is 102 Å². The molecular weight excluding hydrogens is 218 g/mol. The Morgan fingerprint density at radius 3 is 2.81 bits per heavy atom. The van der Waals surface area contributed by atoms with Gasteiger partial charge in [-0.2, -0.15) is 0 Å². The molecule has 0 amide bonds. The monoisotopic (exact) mass is 241 g/mol. The molecule has 3 N–H and O–H groups in total. The number of thiazole rings is 1. The maximum absolute atomic E-state index is 5.76. The highest BCUT2D eigenvalue weighted by atomic mass is 32.1. The van der Waals surface area contributed by atoms with E-state index in [1.165, 1.54) is 5.01 Å². The lowest BCUT2D eigenvalue weighted by Crippen LogP contribution is -2.38. The molecule has 16 heavy (non-hydrogen) atoms. The number of nitrogens with two attached hydrogens (primary N) is 1. The van der Waals surface area contributed by atoms with Gasteiger partial charge in [0, 0.05) is 30.6 Å². The van der Waals surface area contributed by atoms with Crippen LogP contribution in [0.1, 0.15) is 31.0 Å². The van der Waals surface area contributed by atoms with Gasteiger partial charge in [-0.25, -0.2) is 4.98 Å². The first-order valence-corrected chi connectivity index (χ1v) is 6.79. The van der Waals surface area contributed by atoms with E-state index < -0.39 is 0 Å². The van der Waals surface area contributed by atoms with Crippen molar-refractivity contribution >= 4 is 11.3 Å². The van der Waals surface area contributed by atoms with Gasteiger partial charge in [0.25, 0.3) is 0 Å². The summed E-state index contributed by atoms with van der Waals surface area (Å²) in [7, 11) is 0. The molecule has 0 fully saturated rings. The molecule has 1 heterocycles. The van der Waals surface area contributed by atoms with Crippen molar-refractivity contribution in [1.29, 1.82) is 0 Å². The average Bonchev–Trinajstić information content (AvgIpc) is 2.70. The van der Waals surface area contributed by atoms with Crippen LogP contribution in [0.4, 0.5) is 0 Å². The van der Waals surface area contributed by atoms with E-state index in [4.69, 9.17) is 5.73 Å². The number of aromatic nitrogens is 1. The second kappa shape index (κ2) is 6.33. The third kappa shape index (κ3) is 4.20. The quantitative estimate of drug-likeness (QED) is 0.718. The molecule has 4 heteroatoms. The molecule has 0 aliphatic heterocycles. The number of aryl methyl sites for hydroxylation is 1. The molecule has 0 radical (unpaired) electrons. The highest BCUT2D eigenvalue weighted by Gasteiger charge is 2.18. The van der Waals surface area contributed by atoms with Gasteiger partial charge in [0.2, 0.25) is 0 Å². The Kier molecular flexibility index (Phi) is 5.38. The summed E-state index contributed by atoms with van der Waals surface area (Å²) in [5.41, 5.74) is 7.12. The van der Waals surface area contributed by atoms with Crippen LogP contribution < -0.4 is 11.1 Å². The van der Waals surface area contributed by atoms with Crippen molar-refractivity contribution in [3.8, 4) is 0 Å². The molecule has 92 valence electrons. The third-order valence-corrected chi connectivity index (χ3v) is 4.11. The van der Waals surface area contributed by atoms with Gasteiger partial charge >= 0.3 is 0 Å². The van der Waals surface area contributed by atoms with Crippen LogP contribution in [0.15, 0.2) is 5.38 Å². The maximum Gasteiger partial charge on any atom is 0.0940 e. The fourth-order valence-electron chi connectivity index (χ4n) is 1.44. The van der Waals surface area contributed by atoms with E-state index in [0.29, 0.717) is 0 Å². The first-order chi connectivity index (χ1) is 7.59. The Morgan fingerprint density at radius 2 is 2.31 bits per heavy atom. The largest absolute Gasteiger partial charge is 0.330 e. The Balaban J connectivity index is 2.21. The number of nitrogens with one attached hydrogen (secondary N) is 1. The second-order valence-electron chi connectivity index (χ2n) is 4.68. The molecule has 1 atom stereocenters. The summed E-state index contributed by atoms with van der Waals surface area (Å²) in [6, 6.07) is 0. The third-order valence-electron chi connectivity index (χ3n) is 3.08. The zero-order valence-corrected chi connectivity index (χ0v) is 11.4. The van der Waals surface area contributed by atoms with Crippen LogP contribution in [0.2, 0.25) is 0 Å². The first kappa shape index (κ1) is 13.6. The minimum Gasteiger partial charge on any atom is -0.330 e. The zero-order valence-electron chi connectivity index (χ0n) is 10.5. The van der Waals surface area contributed by atoms with Crippen molar-refractivity contribution in [2.45, 2.75) is 33.6 Å². The summed E-state index contributed by atoms with van der Waals surface area (Å²) in [5.74, 6) is 0. The van der Waals surface area contributed by atoms with E-state index in [1.54, 1.807) is 11.3 Å². The van der Waals surface area contributed by atoms with Crippen LogP contribution in [0.25, 0.3) is 0 Å². The minimum atomic E-state index is 0.235. The van der Waals surface area contributed by atoms with Gasteiger partial charge in [0.05, 0.1) is 5.01 Å². The van der Waals surface area contributed by atoms with Crippen LogP contribution in [-0.2, 0) is 6.42 Å². The Hall–Kier alpha value is -0.450. The molecule has 1 rings (SSSR count). The number of hydrogen-bond donors (Lipinski definition) is 2. The van der Waals surface area contributed by atoms with Gasteiger partial charge in [-0.15, -0.1) is 11.3 Å². The zero-order chi connectivity index (χ0) is 12.0. The average molecular weight is 241 g/mol.